The van der Waals surface area contributed by atoms with Crippen molar-refractivity contribution in [3.63, 3.8) is 0 Å². The first-order chi connectivity index (χ1) is 16.9. The molecule has 0 aliphatic heterocycles. The van der Waals surface area contributed by atoms with Crippen LogP contribution in [0, 0.1) is 12.8 Å². The molecule has 9 heteroatoms. The minimum Gasteiger partial charge on any atom is -0.451 e. The van der Waals surface area contributed by atoms with Crippen molar-refractivity contribution in [3.8, 4) is 11.3 Å². The summed E-state index contributed by atoms with van der Waals surface area (Å²) in [6.45, 7) is 1.88. The quantitative estimate of drug-likeness (QED) is 0.394. The van der Waals surface area contributed by atoms with Gasteiger partial charge in [-0.1, -0.05) is 19.3 Å². The van der Waals surface area contributed by atoms with Crippen LogP contribution in [0.5, 0.6) is 0 Å². The Morgan fingerprint density at radius 3 is 2.49 bits per heavy atom. The van der Waals surface area contributed by atoms with Crippen molar-refractivity contribution in [2.24, 2.45) is 5.92 Å². The highest BCUT2D eigenvalue weighted by molar-refractivity contribution is 5.96. The van der Waals surface area contributed by atoms with E-state index in [2.05, 4.69) is 26.1 Å². The number of hydrogen-bond acceptors (Lipinski definition) is 5. The number of aromatic amines is 1. The van der Waals surface area contributed by atoms with Crippen LogP contribution in [0.2, 0.25) is 0 Å². The number of likely N-dealkylation sites (N-methyl/N-ethyl adjacent to an activating group) is 1. The lowest BCUT2D eigenvalue weighted by molar-refractivity contribution is -0.124. The number of hydrogen-bond donors (Lipinski definition) is 4. The summed E-state index contributed by atoms with van der Waals surface area (Å²) in [5.74, 6) is 0.0438. The number of carbonyl (C=O) groups is 3. The van der Waals surface area contributed by atoms with Crippen molar-refractivity contribution in [3.05, 3.63) is 59.6 Å². The van der Waals surface area contributed by atoms with Gasteiger partial charge in [-0.05, 0) is 68.1 Å². The van der Waals surface area contributed by atoms with E-state index in [0.29, 0.717) is 17.1 Å². The topological polar surface area (TPSA) is 129 Å². The number of H-pyrrole nitrogens is 1. The van der Waals surface area contributed by atoms with E-state index in [0.717, 1.165) is 36.9 Å². The Labute approximate surface area is 204 Å². The SMILES string of the molecule is CNC(=O)[C@H](NC(=O)c1ccc(-c2ccc(NC(=O)Cc3cc(C)[nH]n3)cc2)o1)C1CCCCC1. The third-order valence-corrected chi connectivity index (χ3v) is 6.32. The van der Waals surface area contributed by atoms with E-state index < -0.39 is 11.9 Å². The average Bonchev–Trinajstić information content (AvgIpc) is 3.52. The summed E-state index contributed by atoms with van der Waals surface area (Å²) in [7, 11) is 1.58. The van der Waals surface area contributed by atoms with Gasteiger partial charge >= 0.3 is 0 Å². The van der Waals surface area contributed by atoms with Gasteiger partial charge in [0.15, 0.2) is 5.76 Å². The molecule has 1 fully saturated rings. The second kappa shape index (κ2) is 11.0. The van der Waals surface area contributed by atoms with E-state index in [1.54, 1.807) is 31.3 Å². The zero-order valence-electron chi connectivity index (χ0n) is 20.0. The van der Waals surface area contributed by atoms with Gasteiger partial charge in [0.1, 0.15) is 11.8 Å². The van der Waals surface area contributed by atoms with Crippen LogP contribution in [0.4, 0.5) is 5.69 Å². The molecule has 9 nitrogen and oxygen atoms in total. The van der Waals surface area contributed by atoms with Crippen LogP contribution in [-0.4, -0.2) is 41.0 Å². The Hall–Kier alpha value is -3.88. The Bertz CT molecular complexity index is 1170. The van der Waals surface area contributed by atoms with E-state index in [4.69, 9.17) is 4.42 Å². The number of nitrogens with zero attached hydrogens (tertiary/aromatic N) is 1. The summed E-state index contributed by atoms with van der Waals surface area (Å²) in [4.78, 5) is 37.5. The Balaban J connectivity index is 1.37. The van der Waals surface area contributed by atoms with Gasteiger partial charge in [-0.25, -0.2) is 0 Å². The maximum atomic E-state index is 12.9. The highest BCUT2D eigenvalue weighted by atomic mass is 16.4. The van der Waals surface area contributed by atoms with Gasteiger partial charge in [-0.15, -0.1) is 0 Å². The van der Waals surface area contributed by atoms with Crippen LogP contribution >= 0.6 is 0 Å². The monoisotopic (exact) mass is 477 g/mol. The van der Waals surface area contributed by atoms with Gasteiger partial charge in [-0.2, -0.15) is 5.10 Å². The number of amides is 3. The molecule has 35 heavy (non-hydrogen) atoms. The molecule has 1 atom stereocenters. The maximum Gasteiger partial charge on any atom is 0.287 e. The highest BCUT2D eigenvalue weighted by Crippen LogP contribution is 2.28. The molecular formula is C26H31N5O4. The van der Waals surface area contributed by atoms with Crippen LogP contribution < -0.4 is 16.0 Å². The second-order valence-electron chi connectivity index (χ2n) is 8.97. The van der Waals surface area contributed by atoms with Crippen LogP contribution in [0.15, 0.2) is 46.9 Å². The molecule has 1 aliphatic carbocycles. The first-order valence-corrected chi connectivity index (χ1v) is 12.0. The average molecular weight is 478 g/mol. The molecule has 1 aliphatic rings. The standard InChI is InChI=1S/C26H31N5O4/c1-16-14-20(31-30-16)15-23(32)28-19-10-8-17(9-11-19)21-12-13-22(35-21)25(33)29-24(26(34)27-2)18-6-4-3-5-7-18/h8-14,18,24H,3-7,15H2,1-2H3,(H,27,34)(H,28,32)(H,29,33)(H,30,31)/t24-/m1/s1. The molecule has 0 bridgehead atoms. The summed E-state index contributed by atoms with van der Waals surface area (Å²) < 4.78 is 5.79. The van der Waals surface area contributed by atoms with Crippen LogP contribution in [0.1, 0.15) is 54.0 Å². The number of carbonyl (C=O) groups excluding carboxylic acids is 3. The molecule has 1 saturated carbocycles. The molecule has 2 heterocycles. The van der Waals surface area contributed by atoms with E-state index in [1.165, 1.54) is 6.42 Å². The van der Waals surface area contributed by atoms with Gasteiger partial charge in [0, 0.05) is 24.0 Å². The van der Waals surface area contributed by atoms with Crippen LogP contribution in [-0.2, 0) is 16.0 Å². The fraction of sp³-hybridized carbons (Fsp3) is 0.385. The van der Waals surface area contributed by atoms with E-state index >= 15 is 0 Å². The van der Waals surface area contributed by atoms with Crippen molar-refractivity contribution in [2.45, 2.75) is 51.5 Å². The molecule has 4 rings (SSSR count). The number of nitrogens with one attached hydrogen (secondary N) is 4. The smallest absolute Gasteiger partial charge is 0.287 e. The Morgan fingerprint density at radius 1 is 1.09 bits per heavy atom. The van der Waals surface area contributed by atoms with E-state index in [1.807, 2.05) is 25.1 Å². The maximum absolute atomic E-state index is 12.9. The van der Waals surface area contributed by atoms with Gasteiger partial charge < -0.3 is 20.4 Å². The highest BCUT2D eigenvalue weighted by Gasteiger charge is 2.31. The van der Waals surface area contributed by atoms with Crippen molar-refractivity contribution in [2.75, 3.05) is 12.4 Å². The van der Waals surface area contributed by atoms with Crippen molar-refractivity contribution >= 4 is 23.4 Å². The van der Waals surface area contributed by atoms with Crippen LogP contribution in [0.3, 0.4) is 0 Å². The predicted molar refractivity (Wildman–Crippen MR) is 132 cm³/mol. The van der Waals surface area contributed by atoms with Gasteiger partial charge in [0.05, 0.1) is 12.1 Å². The van der Waals surface area contributed by atoms with Gasteiger partial charge in [0.25, 0.3) is 5.91 Å². The lowest BCUT2D eigenvalue weighted by atomic mass is 9.83. The number of rotatable bonds is 8. The fourth-order valence-electron chi connectivity index (χ4n) is 4.50. The minimum absolute atomic E-state index is 0.127. The number of aromatic nitrogens is 2. The third kappa shape index (κ3) is 6.17. The number of aryl methyl sites for hydroxylation is 1. The largest absolute Gasteiger partial charge is 0.451 e. The molecular weight excluding hydrogens is 446 g/mol. The summed E-state index contributed by atoms with van der Waals surface area (Å²) in [5, 5.41) is 15.3. The summed E-state index contributed by atoms with van der Waals surface area (Å²) >= 11 is 0. The molecule has 3 aromatic rings. The Morgan fingerprint density at radius 2 is 1.83 bits per heavy atom. The Kier molecular flexibility index (Phi) is 7.64. The molecule has 0 unspecified atom stereocenters. The van der Waals surface area contributed by atoms with Crippen molar-refractivity contribution in [1.29, 1.82) is 0 Å². The fourth-order valence-corrected chi connectivity index (χ4v) is 4.50. The normalized spacial score (nSPS) is 14.8. The van der Waals surface area contributed by atoms with Crippen molar-refractivity contribution in [1.82, 2.24) is 20.8 Å². The molecule has 4 N–H and O–H groups in total. The number of furan rings is 1. The van der Waals surface area contributed by atoms with E-state index in [9.17, 15) is 14.4 Å². The molecule has 0 saturated heterocycles. The molecule has 0 spiro atoms. The van der Waals surface area contributed by atoms with Gasteiger partial charge in [0.2, 0.25) is 11.8 Å². The molecule has 0 radical (unpaired) electrons. The summed E-state index contributed by atoms with van der Waals surface area (Å²) in [6.07, 6.45) is 5.33. The second-order valence-corrected chi connectivity index (χ2v) is 8.97. The van der Waals surface area contributed by atoms with E-state index in [-0.39, 0.29) is 29.9 Å². The molecule has 2 aromatic heterocycles. The molecule has 3 amide bonds. The first-order valence-electron chi connectivity index (χ1n) is 12.0. The zero-order chi connectivity index (χ0) is 24.8. The lowest BCUT2D eigenvalue weighted by Crippen LogP contribution is -2.50. The molecule has 1 aromatic carbocycles. The first kappa shape index (κ1) is 24.3. The van der Waals surface area contributed by atoms with Crippen molar-refractivity contribution < 1.29 is 18.8 Å². The summed E-state index contributed by atoms with van der Waals surface area (Å²) in [6, 6.07) is 11.8. The minimum atomic E-state index is -0.574. The predicted octanol–water partition coefficient (Wildman–Crippen LogP) is 3.58. The summed E-state index contributed by atoms with van der Waals surface area (Å²) in [5.41, 5.74) is 3.00. The molecule has 184 valence electrons. The number of benzene rings is 1. The zero-order valence-corrected chi connectivity index (χ0v) is 20.0. The number of anilines is 1. The lowest BCUT2D eigenvalue weighted by Gasteiger charge is -2.29. The third-order valence-electron chi connectivity index (χ3n) is 6.32. The van der Waals surface area contributed by atoms with Gasteiger partial charge in [-0.3, -0.25) is 19.5 Å². The van der Waals surface area contributed by atoms with Crippen LogP contribution in [0.25, 0.3) is 11.3 Å².